The van der Waals surface area contributed by atoms with E-state index < -0.39 is 10.5 Å². The molecule has 2 aromatic rings. The molecule has 0 N–H and O–H groups in total. The normalized spacial score (nSPS) is 9.33. The Labute approximate surface area is 150 Å². The SMILES string of the molecule is Cc1cc(C#CC#Cc2ccc(C(=O)Cl)c(C)c2)ccc1C(=O)Cl. The van der Waals surface area contributed by atoms with Crippen LogP contribution in [0, 0.1) is 37.5 Å². The zero-order valence-corrected chi connectivity index (χ0v) is 14.5. The van der Waals surface area contributed by atoms with Gasteiger partial charge in [0.05, 0.1) is 0 Å². The van der Waals surface area contributed by atoms with E-state index in [0.29, 0.717) is 11.1 Å². The third-order valence-electron chi connectivity index (χ3n) is 3.35. The van der Waals surface area contributed by atoms with Crippen molar-refractivity contribution in [3.8, 4) is 23.7 Å². The van der Waals surface area contributed by atoms with E-state index in [1.807, 2.05) is 0 Å². The molecule has 118 valence electrons. The Morgan fingerprint density at radius 3 is 1.42 bits per heavy atom. The van der Waals surface area contributed by atoms with Gasteiger partial charge < -0.3 is 0 Å². The highest BCUT2D eigenvalue weighted by atomic mass is 35.5. The molecule has 0 saturated heterocycles. The fourth-order valence-corrected chi connectivity index (χ4v) is 2.55. The highest BCUT2D eigenvalue weighted by Gasteiger charge is 2.06. The molecule has 0 amide bonds. The summed E-state index contributed by atoms with van der Waals surface area (Å²) in [5.74, 6) is 11.3. The van der Waals surface area contributed by atoms with Crippen molar-refractivity contribution in [3.05, 3.63) is 69.8 Å². The van der Waals surface area contributed by atoms with Crippen molar-refractivity contribution in [1.29, 1.82) is 0 Å². The van der Waals surface area contributed by atoms with Crippen LogP contribution in [-0.2, 0) is 0 Å². The molecule has 0 spiro atoms. The zero-order valence-electron chi connectivity index (χ0n) is 13.0. The van der Waals surface area contributed by atoms with Gasteiger partial charge in [0.2, 0.25) is 0 Å². The summed E-state index contributed by atoms with van der Waals surface area (Å²) in [5, 5.41) is -0.970. The molecule has 0 heterocycles. The first-order chi connectivity index (χ1) is 11.4. The van der Waals surface area contributed by atoms with Crippen LogP contribution in [0.1, 0.15) is 43.0 Å². The van der Waals surface area contributed by atoms with E-state index in [1.165, 1.54) is 0 Å². The fraction of sp³-hybridized carbons (Fsp3) is 0.100. The summed E-state index contributed by atoms with van der Waals surface area (Å²) in [6, 6.07) is 10.3. The molecular formula is C20H12Cl2O2. The summed E-state index contributed by atoms with van der Waals surface area (Å²) in [4.78, 5) is 22.3. The smallest absolute Gasteiger partial charge is 0.252 e. The quantitative estimate of drug-likeness (QED) is 0.589. The van der Waals surface area contributed by atoms with Crippen LogP contribution in [0.25, 0.3) is 0 Å². The Kier molecular flexibility index (Phi) is 5.83. The van der Waals surface area contributed by atoms with Crippen LogP contribution in [0.3, 0.4) is 0 Å². The Balaban J connectivity index is 2.19. The van der Waals surface area contributed by atoms with Crippen molar-refractivity contribution >= 4 is 33.7 Å². The summed E-state index contributed by atoms with van der Waals surface area (Å²) in [7, 11) is 0. The second-order valence-corrected chi connectivity index (χ2v) is 5.79. The fourth-order valence-electron chi connectivity index (χ4n) is 2.13. The van der Waals surface area contributed by atoms with Gasteiger partial charge in [-0.05, 0) is 96.4 Å². The molecule has 0 aliphatic carbocycles. The molecule has 2 aromatic carbocycles. The number of benzene rings is 2. The molecule has 0 aliphatic rings. The first-order valence-corrected chi connectivity index (χ1v) is 7.77. The number of halogens is 2. The number of hydrogen-bond donors (Lipinski definition) is 0. The van der Waals surface area contributed by atoms with Crippen molar-refractivity contribution in [2.45, 2.75) is 13.8 Å². The van der Waals surface area contributed by atoms with Crippen molar-refractivity contribution in [2.75, 3.05) is 0 Å². The van der Waals surface area contributed by atoms with Gasteiger partial charge in [0.25, 0.3) is 10.5 Å². The predicted octanol–water partition coefficient (Wildman–Crippen LogP) is 4.46. The standard InChI is InChI=1S/C20H12Cl2O2/c1-13-11-15(7-9-17(13)19(21)23)5-3-4-6-16-8-10-18(20(22)24)14(2)12-16/h7-12H,1-2H3. The van der Waals surface area contributed by atoms with Crippen LogP contribution in [0.2, 0.25) is 0 Å². The van der Waals surface area contributed by atoms with Gasteiger partial charge >= 0.3 is 0 Å². The molecule has 24 heavy (non-hydrogen) atoms. The van der Waals surface area contributed by atoms with Crippen LogP contribution in [0.15, 0.2) is 36.4 Å². The lowest BCUT2D eigenvalue weighted by Gasteiger charge is -2.00. The topological polar surface area (TPSA) is 34.1 Å². The maximum absolute atomic E-state index is 11.2. The summed E-state index contributed by atoms with van der Waals surface area (Å²) < 4.78 is 0. The van der Waals surface area contributed by atoms with Crippen LogP contribution in [0.4, 0.5) is 0 Å². The number of carbonyl (C=O) groups excluding carboxylic acids is 2. The van der Waals surface area contributed by atoms with Crippen molar-refractivity contribution < 1.29 is 9.59 Å². The molecule has 0 atom stereocenters. The van der Waals surface area contributed by atoms with E-state index in [2.05, 4.69) is 23.7 Å². The Morgan fingerprint density at radius 2 is 1.12 bits per heavy atom. The molecule has 0 aromatic heterocycles. The first-order valence-electron chi connectivity index (χ1n) is 7.01. The number of aryl methyl sites for hydroxylation is 2. The molecule has 0 fully saturated rings. The molecule has 0 radical (unpaired) electrons. The molecule has 2 nitrogen and oxygen atoms in total. The van der Waals surface area contributed by atoms with Crippen LogP contribution >= 0.6 is 23.2 Å². The Hall–Kier alpha value is -2.52. The van der Waals surface area contributed by atoms with Crippen LogP contribution < -0.4 is 0 Å². The van der Waals surface area contributed by atoms with Crippen LogP contribution in [0.5, 0.6) is 0 Å². The van der Waals surface area contributed by atoms with Crippen molar-refractivity contribution in [1.82, 2.24) is 0 Å². The second-order valence-electron chi connectivity index (χ2n) is 5.11. The summed E-state index contributed by atoms with van der Waals surface area (Å²) >= 11 is 10.9. The van der Waals surface area contributed by atoms with Crippen molar-refractivity contribution in [2.24, 2.45) is 0 Å². The van der Waals surface area contributed by atoms with E-state index in [0.717, 1.165) is 22.3 Å². The average Bonchev–Trinajstić information content (AvgIpc) is 2.51. The largest absolute Gasteiger partial charge is 0.276 e. The van der Waals surface area contributed by atoms with E-state index in [4.69, 9.17) is 23.2 Å². The van der Waals surface area contributed by atoms with Gasteiger partial charge in [0, 0.05) is 22.3 Å². The minimum atomic E-state index is -0.485. The van der Waals surface area contributed by atoms with Gasteiger partial charge in [0.1, 0.15) is 0 Å². The minimum absolute atomic E-state index is 0.470. The molecule has 0 bridgehead atoms. The van der Waals surface area contributed by atoms with Gasteiger partial charge in [-0.25, -0.2) is 0 Å². The average molecular weight is 355 g/mol. The molecule has 2 rings (SSSR count). The second kappa shape index (κ2) is 7.84. The van der Waals surface area contributed by atoms with Gasteiger partial charge in [-0.15, -0.1) is 0 Å². The number of carbonyl (C=O) groups is 2. The van der Waals surface area contributed by atoms with E-state index in [1.54, 1.807) is 50.2 Å². The lowest BCUT2D eigenvalue weighted by molar-refractivity contribution is 0.107. The highest BCUT2D eigenvalue weighted by Crippen LogP contribution is 2.13. The maximum atomic E-state index is 11.2. The lowest BCUT2D eigenvalue weighted by Crippen LogP contribution is -1.93. The van der Waals surface area contributed by atoms with E-state index in [-0.39, 0.29) is 0 Å². The maximum Gasteiger partial charge on any atom is 0.252 e. The van der Waals surface area contributed by atoms with Crippen LogP contribution in [-0.4, -0.2) is 10.5 Å². The van der Waals surface area contributed by atoms with Gasteiger partial charge in [-0.1, -0.05) is 11.8 Å². The third kappa shape index (κ3) is 4.49. The Morgan fingerprint density at radius 1 is 0.750 bits per heavy atom. The van der Waals surface area contributed by atoms with Gasteiger partial charge in [-0.3, -0.25) is 9.59 Å². The zero-order chi connectivity index (χ0) is 17.7. The molecule has 0 unspecified atom stereocenters. The molecule has 4 heteroatoms. The first kappa shape index (κ1) is 17.8. The van der Waals surface area contributed by atoms with E-state index >= 15 is 0 Å². The van der Waals surface area contributed by atoms with E-state index in [9.17, 15) is 9.59 Å². The number of hydrogen-bond acceptors (Lipinski definition) is 2. The predicted molar refractivity (Wildman–Crippen MR) is 96.5 cm³/mol. The molecular weight excluding hydrogens is 343 g/mol. The minimum Gasteiger partial charge on any atom is -0.276 e. The molecule has 0 saturated carbocycles. The summed E-state index contributed by atoms with van der Waals surface area (Å²) in [5.41, 5.74) is 3.99. The number of rotatable bonds is 2. The van der Waals surface area contributed by atoms with Gasteiger partial charge in [0.15, 0.2) is 0 Å². The lowest BCUT2D eigenvalue weighted by atomic mass is 10.1. The monoisotopic (exact) mass is 354 g/mol. The highest BCUT2D eigenvalue weighted by molar-refractivity contribution is 6.68. The molecule has 0 aliphatic heterocycles. The Bertz CT molecular complexity index is 872. The van der Waals surface area contributed by atoms with Gasteiger partial charge in [-0.2, -0.15) is 0 Å². The summed E-state index contributed by atoms with van der Waals surface area (Å²) in [6.45, 7) is 3.60. The summed E-state index contributed by atoms with van der Waals surface area (Å²) in [6.07, 6.45) is 0. The third-order valence-corrected chi connectivity index (χ3v) is 3.76. The van der Waals surface area contributed by atoms with Crippen molar-refractivity contribution in [3.63, 3.8) is 0 Å².